The first kappa shape index (κ1) is 18.7. The molecule has 140 valence electrons. The maximum absolute atomic E-state index is 5.63. The highest BCUT2D eigenvalue weighted by Gasteiger charge is 2.20. The van der Waals surface area contributed by atoms with Gasteiger partial charge in [-0.25, -0.2) is 0 Å². The lowest BCUT2D eigenvalue weighted by Crippen LogP contribution is -2.41. The highest BCUT2D eigenvalue weighted by Crippen LogP contribution is 2.26. The molecule has 0 unspecified atom stereocenters. The molecular formula is C21H35N3O. The van der Waals surface area contributed by atoms with E-state index in [-0.39, 0.29) is 0 Å². The SMILES string of the molecule is COc1ccc([C@@H](C)NC2CCN(C)CC2)cc1CN1CCCCC1. The van der Waals surface area contributed by atoms with Gasteiger partial charge < -0.3 is 15.0 Å². The van der Waals surface area contributed by atoms with Gasteiger partial charge in [-0.3, -0.25) is 4.90 Å². The first-order valence-electron chi connectivity index (χ1n) is 9.99. The summed E-state index contributed by atoms with van der Waals surface area (Å²) >= 11 is 0. The quantitative estimate of drug-likeness (QED) is 0.855. The Balaban J connectivity index is 1.65. The van der Waals surface area contributed by atoms with Crippen molar-refractivity contribution in [2.24, 2.45) is 0 Å². The molecule has 2 saturated heterocycles. The molecule has 1 aromatic rings. The molecular weight excluding hydrogens is 310 g/mol. The molecule has 0 bridgehead atoms. The molecule has 0 radical (unpaired) electrons. The van der Waals surface area contributed by atoms with Crippen LogP contribution in [-0.4, -0.2) is 56.2 Å². The zero-order valence-corrected chi connectivity index (χ0v) is 16.3. The first-order chi connectivity index (χ1) is 12.2. The normalized spacial score (nSPS) is 22.0. The van der Waals surface area contributed by atoms with Crippen molar-refractivity contribution in [3.63, 3.8) is 0 Å². The molecule has 3 rings (SSSR count). The molecule has 2 aliphatic rings. The maximum atomic E-state index is 5.63. The van der Waals surface area contributed by atoms with Gasteiger partial charge in [0.05, 0.1) is 7.11 Å². The molecule has 0 aromatic heterocycles. The summed E-state index contributed by atoms with van der Waals surface area (Å²) in [5.41, 5.74) is 2.71. The fourth-order valence-corrected chi connectivity index (χ4v) is 4.17. The number of rotatable bonds is 6. The van der Waals surface area contributed by atoms with Crippen LogP contribution in [0.3, 0.4) is 0 Å². The number of hydrogen-bond donors (Lipinski definition) is 1. The van der Waals surface area contributed by atoms with Gasteiger partial charge in [-0.1, -0.05) is 12.5 Å². The third kappa shape index (κ3) is 5.19. The molecule has 2 aliphatic heterocycles. The molecule has 4 nitrogen and oxygen atoms in total. The average Bonchev–Trinajstić information content (AvgIpc) is 2.64. The van der Waals surface area contributed by atoms with Crippen molar-refractivity contribution < 1.29 is 4.74 Å². The van der Waals surface area contributed by atoms with Crippen LogP contribution in [0.5, 0.6) is 5.75 Å². The summed E-state index contributed by atoms with van der Waals surface area (Å²) in [7, 11) is 4.00. The summed E-state index contributed by atoms with van der Waals surface area (Å²) in [5, 5.41) is 3.84. The highest BCUT2D eigenvalue weighted by molar-refractivity contribution is 5.38. The van der Waals surface area contributed by atoms with Crippen molar-refractivity contribution in [2.75, 3.05) is 40.3 Å². The molecule has 0 amide bonds. The highest BCUT2D eigenvalue weighted by atomic mass is 16.5. The Kier molecular flexibility index (Phi) is 6.74. The number of likely N-dealkylation sites (tertiary alicyclic amines) is 2. The monoisotopic (exact) mass is 345 g/mol. The Morgan fingerprint density at radius 2 is 1.84 bits per heavy atom. The minimum absolute atomic E-state index is 0.388. The van der Waals surface area contributed by atoms with Gasteiger partial charge in [-0.2, -0.15) is 0 Å². The van der Waals surface area contributed by atoms with Crippen LogP contribution in [0.25, 0.3) is 0 Å². The number of ether oxygens (including phenoxy) is 1. The summed E-state index contributed by atoms with van der Waals surface area (Å²) in [5.74, 6) is 1.03. The first-order valence-corrected chi connectivity index (χ1v) is 9.99. The molecule has 1 aromatic carbocycles. The van der Waals surface area contributed by atoms with Gasteiger partial charge in [0, 0.05) is 24.2 Å². The van der Waals surface area contributed by atoms with Crippen molar-refractivity contribution in [3.8, 4) is 5.75 Å². The third-order valence-electron chi connectivity index (χ3n) is 5.85. The number of piperidine rings is 2. The summed E-state index contributed by atoms with van der Waals surface area (Å²) < 4.78 is 5.63. The number of nitrogens with one attached hydrogen (secondary N) is 1. The second-order valence-corrected chi connectivity index (χ2v) is 7.87. The molecule has 0 saturated carbocycles. The topological polar surface area (TPSA) is 27.7 Å². The molecule has 1 N–H and O–H groups in total. The second-order valence-electron chi connectivity index (χ2n) is 7.87. The van der Waals surface area contributed by atoms with Crippen LogP contribution in [0, 0.1) is 0 Å². The van der Waals surface area contributed by atoms with E-state index in [0.717, 1.165) is 12.3 Å². The van der Waals surface area contributed by atoms with Gasteiger partial charge in [0.1, 0.15) is 5.75 Å². The van der Waals surface area contributed by atoms with E-state index < -0.39 is 0 Å². The van der Waals surface area contributed by atoms with Crippen molar-refractivity contribution in [1.82, 2.24) is 15.1 Å². The molecule has 1 atom stereocenters. The Morgan fingerprint density at radius 1 is 1.12 bits per heavy atom. The van der Waals surface area contributed by atoms with Crippen molar-refractivity contribution >= 4 is 0 Å². The van der Waals surface area contributed by atoms with Crippen LogP contribution in [0.4, 0.5) is 0 Å². The van der Waals surface area contributed by atoms with Crippen LogP contribution in [0.1, 0.15) is 56.2 Å². The Hall–Kier alpha value is -1.10. The van der Waals surface area contributed by atoms with E-state index in [0.29, 0.717) is 12.1 Å². The zero-order valence-electron chi connectivity index (χ0n) is 16.3. The van der Waals surface area contributed by atoms with E-state index in [1.165, 1.54) is 69.4 Å². The minimum atomic E-state index is 0.388. The average molecular weight is 346 g/mol. The van der Waals surface area contributed by atoms with E-state index in [4.69, 9.17) is 4.74 Å². The van der Waals surface area contributed by atoms with Gasteiger partial charge >= 0.3 is 0 Å². The fourth-order valence-electron chi connectivity index (χ4n) is 4.17. The third-order valence-corrected chi connectivity index (χ3v) is 5.85. The lowest BCUT2D eigenvalue weighted by atomic mass is 9.99. The molecule has 0 aliphatic carbocycles. The largest absolute Gasteiger partial charge is 0.496 e. The predicted molar refractivity (Wildman–Crippen MR) is 104 cm³/mol. The second kappa shape index (κ2) is 9.02. The summed E-state index contributed by atoms with van der Waals surface area (Å²) in [6.45, 7) is 8.15. The van der Waals surface area contributed by atoms with E-state index >= 15 is 0 Å². The maximum Gasteiger partial charge on any atom is 0.123 e. The Morgan fingerprint density at radius 3 is 2.52 bits per heavy atom. The lowest BCUT2D eigenvalue weighted by Gasteiger charge is -2.32. The molecule has 0 spiro atoms. The van der Waals surface area contributed by atoms with Crippen molar-refractivity contribution in [1.29, 1.82) is 0 Å². The Bertz CT molecular complexity index is 534. The number of benzene rings is 1. The van der Waals surface area contributed by atoms with Gasteiger partial charge in [-0.05, 0) is 83.5 Å². The fraction of sp³-hybridized carbons (Fsp3) is 0.714. The molecule has 4 heteroatoms. The van der Waals surface area contributed by atoms with Crippen molar-refractivity contribution in [3.05, 3.63) is 29.3 Å². The van der Waals surface area contributed by atoms with E-state index in [2.05, 4.69) is 47.3 Å². The molecule has 2 heterocycles. The van der Waals surface area contributed by atoms with Crippen molar-refractivity contribution in [2.45, 2.75) is 57.7 Å². The van der Waals surface area contributed by atoms with Gasteiger partial charge in [0.15, 0.2) is 0 Å². The van der Waals surface area contributed by atoms with E-state index in [9.17, 15) is 0 Å². The molecule has 2 fully saturated rings. The van der Waals surface area contributed by atoms with Crippen LogP contribution in [0.2, 0.25) is 0 Å². The summed E-state index contributed by atoms with van der Waals surface area (Å²) in [6, 6.07) is 7.77. The number of nitrogens with zero attached hydrogens (tertiary/aromatic N) is 2. The lowest BCUT2D eigenvalue weighted by molar-refractivity contribution is 0.217. The number of hydrogen-bond acceptors (Lipinski definition) is 4. The zero-order chi connectivity index (χ0) is 17.6. The van der Waals surface area contributed by atoms with Gasteiger partial charge in [0.25, 0.3) is 0 Å². The van der Waals surface area contributed by atoms with Crippen LogP contribution in [0.15, 0.2) is 18.2 Å². The van der Waals surface area contributed by atoms with Gasteiger partial charge in [-0.15, -0.1) is 0 Å². The smallest absolute Gasteiger partial charge is 0.123 e. The van der Waals surface area contributed by atoms with Crippen LogP contribution >= 0.6 is 0 Å². The van der Waals surface area contributed by atoms with E-state index in [1.807, 2.05) is 0 Å². The van der Waals surface area contributed by atoms with Crippen LogP contribution < -0.4 is 10.1 Å². The Labute approximate surface area is 153 Å². The standard InChI is InChI=1S/C21H35N3O/c1-17(22-20-9-13-23(2)14-10-20)18-7-8-21(25-3)19(15-18)16-24-11-5-4-6-12-24/h7-8,15,17,20,22H,4-6,9-14,16H2,1-3H3/t17-/m1/s1. The van der Waals surface area contributed by atoms with Gasteiger partial charge in [0.2, 0.25) is 0 Å². The molecule has 25 heavy (non-hydrogen) atoms. The van der Waals surface area contributed by atoms with E-state index in [1.54, 1.807) is 7.11 Å². The minimum Gasteiger partial charge on any atom is -0.496 e. The summed E-state index contributed by atoms with van der Waals surface area (Å²) in [6.07, 6.45) is 6.53. The summed E-state index contributed by atoms with van der Waals surface area (Å²) in [4.78, 5) is 4.99. The predicted octanol–water partition coefficient (Wildman–Crippen LogP) is 3.43. The van der Waals surface area contributed by atoms with Crippen LogP contribution in [-0.2, 0) is 6.54 Å². The number of methoxy groups -OCH3 is 1.